The predicted molar refractivity (Wildman–Crippen MR) is 125 cm³/mol. The van der Waals surface area contributed by atoms with Crippen molar-refractivity contribution in [1.29, 1.82) is 0 Å². The summed E-state index contributed by atoms with van der Waals surface area (Å²) in [4.78, 5) is 18.1. The molecule has 160 valence electrons. The quantitative estimate of drug-likeness (QED) is 0.298. The highest BCUT2D eigenvalue weighted by Gasteiger charge is 2.15. The monoisotopic (exact) mass is 442 g/mol. The molecule has 0 aliphatic rings. The van der Waals surface area contributed by atoms with Crippen LogP contribution in [0.1, 0.15) is 22.6 Å². The topological polar surface area (TPSA) is 87.2 Å². The lowest BCUT2D eigenvalue weighted by atomic mass is 10.2. The number of aryl methyl sites for hydroxylation is 3. The summed E-state index contributed by atoms with van der Waals surface area (Å²) in [5, 5.41) is 10.9. The largest absolute Gasteiger partial charge is 0.243 e. The fourth-order valence-electron chi connectivity index (χ4n) is 3.77. The second kappa shape index (κ2) is 8.16. The van der Waals surface area contributed by atoms with Crippen LogP contribution in [0.3, 0.4) is 0 Å². The first kappa shape index (κ1) is 20.3. The summed E-state index contributed by atoms with van der Waals surface area (Å²) in [6.45, 7) is 6.62. The lowest BCUT2D eigenvalue weighted by Crippen LogP contribution is -2.05. The van der Waals surface area contributed by atoms with Gasteiger partial charge in [-0.05, 0) is 50.8 Å². The molecule has 0 unspecified atom stereocenters. The smallest absolute Gasteiger partial charge is 0.166 e. The number of rotatable bonds is 5. The van der Waals surface area contributed by atoms with E-state index in [1.165, 1.54) is 0 Å². The Morgan fingerprint density at radius 1 is 0.969 bits per heavy atom. The van der Waals surface area contributed by atoms with E-state index in [4.69, 9.17) is 4.98 Å². The molecule has 0 aliphatic heterocycles. The minimum atomic E-state index is 0.608. The predicted octanol–water partition coefficient (Wildman–Crippen LogP) is 4.16. The Bertz CT molecular complexity index is 1420. The Kier molecular flexibility index (Phi) is 5.18. The number of benzene rings is 1. The summed E-state index contributed by atoms with van der Waals surface area (Å²) >= 11 is 1.56. The van der Waals surface area contributed by atoms with Crippen molar-refractivity contribution in [2.24, 2.45) is 0 Å². The van der Waals surface area contributed by atoms with Crippen LogP contribution in [0.4, 0.5) is 0 Å². The number of hydrogen-bond acceptors (Lipinski definition) is 7. The second-order valence-corrected chi connectivity index (χ2v) is 8.42. The average Bonchev–Trinajstić information content (AvgIpc) is 3.35. The number of fused-ring (bicyclic) bond motifs is 1. The van der Waals surface area contributed by atoms with Gasteiger partial charge in [-0.25, -0.2) is 29.3 Å². The highest BCUT2D eigenvalue weighted by Crippen LogP contribution is 2.28. The third-order valence-electron chi connectivity index (χ3n) is 5.32. The minimum Gasteiger partial charge on any atom is -0.243 e. The van der Waals surface area contributed by atoms with E-state index >= 15 is 0 Å². The van der Waals surface area contributed by atoms with Crippen LogP contribution < -0.4 is 0 Å². The molecule has 0 aliphatic carbocycles. The van der Waals surface area contributed by atoms with Gasteiger partial charge in [0.25, 0.3) is 0 Å². The maximum absolute atomic E-state index is 4.83. The Hall–Kier alpha value is -3.59. The zero-order valence-corrected chi connectivity index (χ0v) is 19.1. The Morgan fingerprint density at radius 3 is 2.50 bits per heavy atom. The van der Waals surface area contributed by atoms with E-state index in [1.807, 2.05) is 35.7 Å². The number of hydrogen-bond donors (Lipinski definition) is 0. The molecule has 0 atom stereocenters. The third kappa shape index (κ3) is 3.64. The van der Waals surface area contributed by atoms with E-state index in [0.29, 0.717) is 12.4 Å². The zero-order chi connectivity index (χ0) is 22.2. The molecule has 0 saturated heterocycles. The van der Waals surface area contributed by atoms with E-state index in [9.17, 15) is 0 Å². The molecule has 4 heterocycles. The normalized spacial score (nSPS) is 11.4. The van der Waals surface area contributed by atoms with Crippen molar-refractivity contribution < 1.29 is 0 Å². The molecule has 0 saturated carbocycles. The Balaban J connectivity index is 1.48. The van der Waals surface area contributed by atoms with Gasteiger partial charge in [0, 0.05) is 11.9 Å². The number of aromatic nitrogens is 8. The molecule has 1 aromatic carbocycles. The van der Waals surface area contributed by atoms with Crippen molar-refractivity contribution in [3.63, 3.8) is 0 Å². The molecule has 9 heteroatoms. The molecule has 0 radical (unpaired) electrons. The lowest BCUT2D eigenvalue weighted by molar-refractivity contribution is 0.703. The summed E-state index contributed by atoms with van der Waals surface area (Å²) in [6.07, 6.45) is 7.17. The van der Waals surface area contributed by atoms with Gasteiger partial charge in [-0.1, -0.05) is 12.1 Å². The van der Waals surface area contributed by atoms with Gasteiger partial charge in [-0.15, -0.1) is 11.8 Å². The van der Waals surface area contributed by atoms with Crippen LogP contribution in [0.15, 0.2) is 54.1 Å². The lowest BCUT2D eigenvalue weighted by Gasteiger charge is -2.09. The molecule has 0 N–H and O–H groups in total. The van der Waals surface area contributed by atoms with Crippen LogP contribution >= 0.6 is 11.8 Å². The van der Waals surface area contributed by atoms with Crippen LogP contribution in [0.25, 0.3) is 28.1 Å². The molecule has 32 heavy (non-hydrogen) atoms. The third-order valence-corrected chi connectivity index (χ3v) is 6.01. The van der Waals surface area contributed by atoms with Crippen LogP contribution in [0.5, 0.6) is 0 Å². The second-order valence-electron chi connectivity index (χ2n) is 7.62. The SMILES string of the molecule is CSc1ncnc(C)c1-c1ncc2cnn(Cc3ccc(-n4nc(C)cc4C)cc3)c2n1. The average molecular weight is 443 g/mol. The Labute approximate surface area is 189 Å². The highest BCUT2D eigenvalue weighted by atomic mass is 32.2. The van der Waals surface area contributed by atoms with E-state index in [-0.39, 0.29) is 0 Å². The molecule has 0 spiro atoms. The number of nitrogens with zero attached hydrogens (tertiary/aromatic N) is 8. The minimum absolute atomic E-state index is 0.608. The summed E-state index contributed by atoms with van der Waals surface area (Å²) < 4.78 is 3.85. The van der Waals surface area contributed by atoms with Crippen molar-refractivity contribution in [2.45, 2.75) is 32.3 Å². The molecule has 0 bridgehead atoms. The maximum Gasteiger partial charge on any atom is 0.166 e. The van der Waals surface area contributed by atoms with Gasteiger partial charge < -0.3 is 0 Å². The fourth-order valence-corrected chi connectivity index (χ4v) is 4.37. The molecule has 0 amide bonds. The van der Waals surface area contributed by atoms with Gasteiger partial charge in [0.2, 0.25) is 0 Å². The Morgan fingerprint density at radius 2 is 1.78 bits per heavy atom. The fraction of sp³-hybridized carbons (Fsp3) is 0.217. The van der Waals surface area contributed by atoms with E-state index < -0.39 is 0 Å². The van der Waals surface area contributed by atoms with Crippen molar-refractivity contribution in [3.05, 3.63) is 71.7 Å². The van der Waals surface area contributed by atoms with E-state index in [0.717, 1.165) is 50.0 Å². The standard InChI is InChI=1S/C23H22N8S/c1-14-9-15(2)31(29-14)19-7-5-17(6-8-19)12-30-22-18(11-27-30)10-24-21(28-22)20-16(3)25-13-26-23(20)32-4/h5-11,13H,12H2,1-4H3. The van der Waals surface area contributed by atoms with Gasteiger partial charge in [-0.2, -0.15) is 10.2 Å². The summed E-state index contributed by atoms with van der Waals surface area (Å²) in [5.41, 5.74) is 6.80. The van der Waals surface area contributed by atoms with Gasteiger partial charge in [0.1, 0.15) is 11.4 Å². The first-order chi connectivity index (χ1) is 15.5. The first-order valence-electron chi connectivity index (χ1n) is 10.2. The summed E-state index contributed by atoms with van der Waals surface area (Å²) in [6, 6.07) is 10.4. The van der Waals surface area contributed by atoms with Crippen molar-refractivity contribution in [1.82, 2.24) is 39.5 Å². The van der Waals surface area contributed by atoms with Gasteiger partial charge in [0.15, 0.2) is 11.5 Å². The summed E-state index contributed by atoms with van der Waals surface area (Å²) in [5.74, 6) is 0.613. The van der Waals surface area contributed by atoms with Crippen molar-refractivity contribution >= 4 is 22.8 Å². The molecule has 5 aromatic rings. The van der Waals surface area contributed by atoms with Crippen molar-refractivity contribution in [3.8, 4) is 17.1 Å². The van der Waals surface area contributed by atoms with Gasteiger partial charge >= 0.3 is 0 Å². The van der Waals surface area contributed by atoms with Gasteiger partial charge in [-0.3, -0.25) is 0 Å². The van der Waals surface area contributed by atoms with Crippen LogP contribution in [-0.2, 0) is 6.54 Å². The zero-order valence-electron chi connectivity index (χ0n) is 18.3. The van der Waals surface area contributed by atoms with Crippen LogP contribution in [0.2, 0.25) is 0 Å². The van der Waals surface area contributed by atoms with E-state index in [1.54, 1.807) is 24.3 Å². The van der Waals surface area contributed by atoms with Crippen LogP contribution in [-0.4, -0.2) is 45.8 Å². The highest BCUT2D eigenvalue weighted by molar-refractivity contribution is 7.98. The molecule has 4 aromatic heterocycles. The summed E-state index contributed by atoms with van der Waals surface area (Å²) in [7, 11) is 0. The first-order valence-corrected chi connectivity index (χ1v) is 11.4. The van der Waals surface area contributed by atoms with E-state index in [2.05, 4.69) is 62.4 Å². The molecular weight excluding hydrogens is 420 g/mol. The van der Waals surface area contributed by atoms with Crippen LogP contribution in [0, 0.1) is 20.8 Å². The number of thioether (sulfide) groups is 1. The molecule has 5 rings (SSSR count). The molecule has 8 nitrogen and oxygen atoms in total. The van der Waals surface area contributed by atoms with Gasteiger partial charge in [0.05, 0.1) is 40.8 Å². The van der Waals surface area contributed by atoms with Crippen molar-refractivity contribution in [2.75, 3.05) is 6.26 Å². The molecule has 0 fully saturated rings. The maximum atomic E-state index is 4.83. The molecular formula is C23H22N8S.